The molecule has 0 amide bonds. The summed E-state index contributed by atoms with van der Waals surface area (Å²) >= 11 is 0. The Balaban J connectivity index is 2.82. The standard InChI is InChI=1S/C13H21N5O2/c1-5-6-7-18-9(8-14-2)15-10-11(18)16(3)13(20)17(4)12(10)19/h14H,5-8H2,1-4H3. The quantitative estimate of drug-likeness (QED) is 0.833. The molecule has 0 bridgehead atoms. The number of nitrogens with one attached hydrogen (secondary N) is 1. The van der Waals surface area contributed by atoms with Gasteiger partial charge in [0.25, 0.3) is 5.56 Å². The van der Waals surface area contributed by atoms with Crippen molar-refractivity contribution in [3.8, 4) is 0 Å². The maximum atomic E-state index is 12.2. The molecule has 0 unspecified atom stereocenters. The molecule has 0 atom stereocenters. The third-order valence-corrected chi connectivity index (χ3v) is 3.49. The summed E-state index contributed by atoms with van der Waals surface area (Å²) in [6.07, 6.45) is 2.02. The molecule has 0 radical (unpaired) electrons. The van der Waals surface area contributed by atoms with Gasteiger partial charge in [-0.05, 0) is 13.5 Å². The van der Waals surface area contributed by atoms with E-state index in [0.29, 0.717) is 17.7 Å². The van der Waals surface area contributed by atoms with Crippen LogP contribution in [0.4, 0.5) is 0 Å². The number of hydrogen-bond donors (Lipinski definition) is 1. The molecular formula is C13H21N5O2. The van der Waals surface area contributed by atoms with Gasteiger partial charge >= 0.3 is 5.69 Å². The Bertz CT molecular complexity index is 738. The lowest BCUT2D eigenvalue weighted by molar-refractivity contribution is 0.585. The van der Waals surface area contributed by atoms with E-state index >= 15 is 0 Å². The average molecular weight is 279 g/mol. The second kappa shape index (κ2) is 5.62. The molecule has 1 N–H and O–H groups in total. The van der Waals surface area contributed by atoms with Crippen LogP contribution in [0.25, 0.3) is 11.2 Å². The Morgan fingerprint density at radius 3 is 2.50 bits per heavy atom. The first-order valence-corrected chi connectivity index (χ1v) is 6.82. The highest BCUT2D eigenvalue weighted by Gasteiger charge is 2.17. The molecule has 20 heavy (non-hydrogen) atoms. The number of nitrogens with zero attached hydrogens (tertiary/aromatic N) is 4. The number of imidazole rings is 1. The second-order valence-corrected chi connectivity index (χ2v) is 4.94. The summed E-state index contributed by atoms with van der Waals surface area (Å²) in [5.74, 6) is 0.786. The highest BCUT2D eigenvalue weighted by atomic mass is 16.2. The molecule has 2 heterocycles. The third-order valence-electron chi connectivity index (χ3n) is 3.49. The van der Waals surface area contributed by atoms with E-state index in [1.807, 2.05) is 11.6 Å². The minimum absolute atomic E-state index is 0.323. The maximum absolute atomic E-state index is 12.2. The molecule has 0 aliphatic rings. The Kier molecular flexibility index (Phi) is 4.08. The van der Waals surface area contributed by atoms with E-state index in [-0.39, 0.29) is 11.2 Å². The van der Waals surface area contributed by atoms with Crippen LogP contribution < -0.4 is 16.6 Å². The van der Waals surface area contributed by atoms with Crippen LogP contribution in [-0.2, 0) is 27.2 Å². The van der Waals surface area contributed by atoms with Crippen LogP contribution in [0.1, 0.15) is 25.6 Å². The van der Waals surface area contributed by atoms with Crippen molar-refractivity contribution in [1.29, 1.82) is 0 Å². The predicted molar refractivity (Wildman–Crippen MR) is 77.9 cm³/mol. The molecule has 2 aromatic rings. The first kappa shape index (κ1) is 14.5. The van der Waals surface area contributed by atoms with Crippen molar-refractivity contribution in [2.75, 3.05) is 7.05 Å². The van der Waals surface area contributed by atoms with Crippen molar-refractivity contribution < 1.29 is 0 Å². The van der Waals surface area contributed by atoms with Crippen molar-refractivity contribution in [2.24, 2.45) is 14.1 Å². The molecule has 0 aliphatic carbocycles. The minimum atomic E-state index is -0.337. The molecule has 110 valence electrons. The second-order valence-electron chi connectivity index (χ2n) is 4.94. The smallest absolute Gasteiger partial charge is 0.313 e. The van der Waals surface area contributed by atoms with Crippen LogP contribution in [0.2, 0.25) is 0 Å². The number of aromatic nitrogens is 4. The van der Waals surface area contributed by atoms with E-state index in [1.165, 1.54) is 11.6 Å². The maximum Gasteiger partial charge on any atom is 0.332 e. The molecule has 0 saturated carbocycles. The molecule has 0 aromatic carbocycles. The summed E-state index contributed by atoms with van der Waals surface area (Å²) in [4.78, 5) is 28.7. The average Bonchev–Trinajstić information content (AvgIpc) is 2.79. The zero-order valence-corrected chi connectivity index (χ0v) is 12.4. The van der Waals surface area contributed by atoms with Gasteiger partial charge < -0.3 is 9.88 Å². The fourth-order valence-corrected chi connectivity index (χ4v) is 2.38. The Morgan fingerprint density at radius 1 is 1.20 bits per heavy atom. The molecule has 2 aromatic heterocycles. The van der Waals surface area contributed by atoms with Crippen molar-refractivity contribution in [1.82, 2.24) is 24.0 Å². The number of fused-ring (bicyclic) bond motifs is 1. The molecule has 7 heteroatoms. The van der Waals surface area contributed by atoms with Crippen molar-refractivity contribution in [2.45, 2.75) is 32.9 Å². The van der Waals surface area contributed by atoms with Crippen LogP contribution in [0.5, 0.6) is 0 Å². The highest BCUT2D eigenvalue weighted by molar-refractivity contribution is 5.70. The zero-order valence-electron chi connectivity index (χ0n) is 12.4. The Morgan fingerprint density at radius 2 is 1.90 bits per heavy atom. The first-order chi connectivity index (χ1) is 9.52. The van der Waals surface area contributed by atoms with Gasteiger partial charge in [0, 0.05) is 20.6 Å². The Hall–Kier alpha value is -1.89. The fraction of sp³-hybridized carbons (Fsp3) is 0.615. The van der Waals surface area contributed by atoms with Gasteiger partial charge in [0.05, 0.1) is 6.54 Å². The lowest BCUT2D eigenvalue weighted by Gasteiger charge is -2.10. The monoisotopic (exact) mass is 279 g/mol. The van der Waals surface area contributed by atoms with Crippen LogP contribution >= 0.6 is 0 Å². The van der Waals surface area contributed by atoms with Gasteiger partial charge in [-0.25, -0.2) is 9.78 Å². The van der Waals surface area contributed by atoms with E-state index in [1.54, 1.807) is 7.05 Å². The molecule has 0 aliphatic heterocycles. The predicted octanol–water partition coefficient (Wildman–Crippen LogP) is -0.0468. The first-order valence-electron chi connectivity index (χ1n) is 6.82. The summed E-state index contributed by atoms with van der Waals surface area (Å²) in [5.41, 5.74) is 0.305. The molecule has 0 fully saturated rings. The molecule has 0 spiro atoms. The molecule has 7 nitrogen and oxygen atoms in total. The third kappa shape index (κ3) is 2.18. The topological polar surface area (TPSA) is 73.8 Å². The lowest BCUT2D eigenvalue weighted by atomic mass is 10.3. The largest absolute Gasteiger partial charge is 0.332 e. The number of aryl methyl sites for hydroxylation is 2. The summed E-state index contributed by atoms with van der Waals surface area (Å²) < 4.78 is 4.57. The van der Waals surface area contributed by atoms with Gasteiger partial charge in [0.2, 0.25) is 0 Å². The van der Waals surface area contributed by atoms with E-state index in [2.05, 4.69) is 17.2 Å². The summed E-state index contributed by atoms with van der Waals surface area (Å²) in [5, 5.41) is 3.05. The van der Waals surface area contributed by atoms with Gasteiger partial charge in [-0.2, -0.15) is 0 Å². The SMILES string of the molecule is CCCCn1c(CNC)nc2c(=O)n(C)c(=O)n(C)c21. The van der Waals surface area contributed by atoms with Crippen LogP contribution in [0, 0.1) is 0 Å². The van der Waals surface area contributed by atoms with Crippen molar-refractivity contribution in [3.05, 3.63) is 26.7 Å². The Labute approximate surface area is 116 Å². The van der Waals surface area contributed by atoms with E-state index in [9.17, 15) is 9.59 Å². The van der Waals surface area contributed by atoms with Crippen LogP contribution in [-0.4, -0.2) is 25.7 Å². The van der Waals surface area contributed by atoms with E-state index in [4.69, 9.17) is 0 Å². The van der Waals surface area contributed by atoms with Gasteiger partial charge in [0.1, 0.15) is 11.5 Å². The van der Waals surface area contributed by atoms with Gasteiger partial charge in [-0.1, -0.05) is 13.3 Å². The normalized spacial score (nSPS) is 11.4. The number of unbranched alkanes of at least 4 members (excludes halogenated alkanes) is 1. The van der Waals surface area contributed by atoms with Crippen molar-refractivity contribution in [3.63, 3.8) is 0 Å². The van der Waals surface area contributed by atoms with Crippen LogP contribution in [0.3, 0.4) is 0 Å². The van der Waals surface area contributed by atoms with Gasteiger partial charge in [0.15, 0.2) is 5.52 Å². The summed E-state index contributed by atoms with van der Waals surface area (Å²) in [7, 11) is 4.99. The summed E-state index contributed by atoms with van der Waals surface area (Å²) in [6.45, 7) is 3.43. The number of hydrogen-bond acceptors (Lipinski definition) is 4. The summed E-state index contributed by atoms with van der Waals surface area (Å²) in [6, 6.07) is 0. The zero-order chi connectivity index (χ0) is 14.9. The van der Waals surface area contributed by atoms with E-state index in [0.717, 1.165) is 29.8 Å². The van der Waals surface area contributed by atoms with Gasteiger partial charge in [-0.15, -0.1) is 0 Å². The van der Waals surface area contributed by atoms with Crippen LogP contribution in [0.15, 0.2) is 9.59 Å². The van der Waals surface area contributed by atoms with E-state index < -0.39 is 0 Å². The minimum Gasteiger partial charge on any atom is -0.313 e. The van der Waals surface area contributed by atoms with Gasteiger partial charge in [-0.3, -0.25) is 13.9 Å². The molecule has 2 rings (SSSR count). The fourth-order valence-electron chi connectivity index (χ4n) is 2.38. The highest BCUT2D eigenvalue weighted by Crippen LogP contribution is 2.12. The molecule has 0 saturated heterocycles. The number of rotatable bonds is 5. The lowest BCUT2D eigenvalue weighted by Crippen LogP contribution is -2.37. The van der Waals surface area contributed by atoms with Crippen molar-refractivity contribution >= 4 is 11.2 Å². The molecular weight excluding hydrogens is 258 g/mol.